The highest BCUT2D eigenvalue weighted by Crippen LogP contribution is 2.30. The first-order valence-electron chi connectivity index (χ1n) is 8.16. The molecule has 0 radical (unpaired) electrons. The van der Waals surface area contributed by atoms with Crippen molar-refractivity contribution in [3.05, 3.63) is 0 Å². The van der Waals surface area contributed by atoms with Crippen molar-refractivity contribution in [2.24, 2.45) is 11.8 Å². The maximum absolute atomic E-state index is 3.91. The van der Waals surface area contributed by atoms with Gasteiger partial charge in [-0.1, -0.05) is 33.1 Å². The van der Waals surface area contributed by atoms with Crippen LogP contribution in [0.1, 0.15) is 65.7 Å². The smallest absolute Gasteiger partial charge is 0.00977 e. The Morgan fingerprint density at radius 2 is 1.94 bits per heavy atom. The van der Waals surface area contributed by atoms with Gasteiger partial charge in [-0.05, 0) is 51.0 Å². The molecule has 0 aromatic rings. The van der Waals surface area contributed by atoms with Gasteiger partial charge in [0.1, 0.15) is 0 Å². The lowest BCUT2D eigenvalue weighted by Crippen LogP contribution is -2.47. The van der Waals surface area contributed by atoms with Crippen molar-refractivity contribution in [2.45, 2.75) is 83.8 Å². The average Bonchev–Trinajstić information content (AvgIpc) is 2.36. The topological polar surface area (TPSA) is 24.1 Å². The highest BCUT2D eigenvalue weighted by molar-refractivity contribution is 4.85. The van der Waals surface area contributed by atoms with Crippen LogP contribution in [0.15, 0.2) is 0 Å². The van der Waals surface area contributed by atoms with Crippen LogP contribution in [0.5, 0.6) is 0 Å². The molecule has 0 aromatic heterocycles. The molecule has 2 aliphatic rings. The van der Waals surface area contributed by atoms with Crippen LogP contribution in [-0.2, 0) is 0 Å². The van der Waals surface area contributed by atoms with Crippen LogP contribution in [0.3, 0.4) is 0 Å². The highest BCUT2D eigenvalue weighted by Gasteiger charge is 2.28. The van der Waals surface area contributed by atoms with Gasteiger partial charge in [0.2, 0.25) is 0 Å². The van der Waals surface area contributed by atoms with Gasteiger partial charge in [0.25, 0.3) is 0 Å². The standard InChI is InChI=1S/C16H32N2/c1-12-7-6-9-16(14(12)3)18-13(2)11-15-8-4-5-10-17-15/h12-18H,4-11H2,1-3H3. The quantitative estimate of drug-likeness (QED) is 0.802. The lowest BCUT2D eigenvalue weighted by molar-refractivity contribution is 0.189. The fraction of sp³-hybridized carbons (Fsp3) is 1.00. The molecule has 0 aromatic carbocycles. The van der Waals surface area contributed by atoms with E-state index in [1.54, 1.807) is 0 Å². The SMILES string of the molecule is CC(CC1CCCCN1)NC1CCCC(C)C1C. The lowest BCUT2D eigenvalue weighted by atomic mass is 9.77. The van der Waals surface area contributed by atoms with Gasteiger partial charge in [0, 0.05) is 18.1 Å². The van der Waals surface area contributed by atoms with E-state index in [2.05, 4.69) is 31.4 Å². The number of nitrogens with one attached hydrogen (secondary N) is 2. The molecule has 106 valence electrons. The number of piperidine rings is 1. The second-order valence-electron chi connectivity index (χ2n) is 6.82. The molecule has 5 atom stereocenters. The molecule has 2 fully saturated rings. The zero-order chi connectivity index (χ0) is 13.0. The molecule has 1 saturated carbocycles. The molecular weight excluding hydrogens is 220 g/mol. The highest BCUT2D eigenvalue weighted by atomic mass is 15.0. The van der Waals surface area contributed by atoms with E-state index in [9.17, 15) is 0 Å². The van der Waals surface area contributed by atoms with Crippen LogP contribution in [0.25, 0.3) is 0 Å². The third-order valence-corrected chi connectivity index (χ3v) is 5.26. The summed E-state index contributed by atoms with van der Waals surface area (Å²) in [6.07, 6.45) is 9.69. The Morgan fingerprint density at radius 3 is 2.67 bits per heavy atom. The second-order valence-corrected chi connectivity index (χ2v) is 6.82. The summed E-state index contributed by atoms with van der Waals surface area (Å²) in [5, 5.41) is 7.57. The first-order chi connectivity index (χ1) is 8.66. The third-order valence-electron chi connectivity index (χ3n) is 5.26. The van der Waals surface area contributed by atoms with Crippen molar-refractivity contribution in [1.82, 2.24) is 10.6 Å². The summed E-state index contributed by atoms with van der Waals surface area (Å²) in [5.41, 5.74) is 0. The van der Waals surface area contributed by atoms with Gasteiger partial charge in [-0.2, -0.15) is 0 Å². The summed E-state index contributed by atoms with van der Waals surface area (Å²) in [4.78, 5) is 0. The van der Waals surface area contributed by atoms with E-state index in [0.717, 1.165) is 23.9 Å². The predicted octanol–water partition coefficient (Wildman–Crippen LogP) is 3.32. The average molecular weight is 252 g/mol. The molecule has 2 nitrogen and oxygen atoms in total. The maximum Gasteiger partial charge on any atom is 0.00977 e. The van der Waals surface area contributed by atoms with E-state index in [1.165, 1.54) is 51.5 Å². The van der Waals surface area contributed by atoms with E-state index in [1.807, 2.05) is 0 Å². The van der Waals surface area contributed by atoms with E-state index >= 15 is 0 Å². The maximum atomic E-state index is 3.91. The van der Waals surface area contributed by atoms with Crippen LogP contribution in [0.2, 0.25) is 0 Å². The zero-order valence-electron chi connectivity index (χ0n) is 12.5. The van der Waals surface area contributed by atoms with Gasteiger partial charge < -0.3 is 10.6 Å². The van der Waals surface area contributed by atoms with Crippen molar-refractivity contribution in [2.75, 3.05) is 6.54 Å². The van der Waals surface area contributed by atoms with E-state index in [4.69, 9.17) is 0 Å². The summed E-state index contributed by atoms with van der Waals surface area (Å²) >= 11 is 0. The summed E-state index contributed by atoms with van der Waals surface area (Å²) < 4.78 is 0. The predicted molar refractivity (Wildman–Crippen MR) is 78.8 cm³/mol. The van der Waals surface area contributed by atoms with Crippen molar-refractivity contribution in [3.63, 3.8) is 0 Å². The van der Waals surface area contributed by atoms with Gasteiger partial charge in [0.05, 0.1) is 0 Å². The first kappa shape index (κ1) is 14.3. The summed E-state index contributed by atoms with van der Waals surface area (Å²) in [5.74, 6) is 1.75. The van der Waals surface area contributed by atoms with Gasteiger partial charge in [-0.25, -0.2) is 0 Å². The molecule has 1 aliphatic heterocycles. The van der Waals surface area contributed by atoms with E-state index in [0.29, 0.717) is 6.04 Å². The summed E-state index contributed by atoms with van der Waals surface area (Å²) in [7, 11) is 0. The van der Waals surface area contributed by atoms with Crippen molar-refractivity contribution in [1.29, 1.82) is 0 Å². The van der Waals surface area contributed by atoms with E-state index < -0.39 is 0 Å². The van der Waals surface area contributed by atoms with Crippen LogP contribution in [0, 0.1) is 11.8 Å². The van der Waals surface area contributed by atoms with Gasteiger partial charge in [-0.15, -0.1) is 0 Å². The van der Waals surface area contributed by atoms with Crippen LogP contribution < -0.4 is 10.6 Å². The molecule has 2 rings (SSSR count). The molecule has 0 spiro atoms. The number of hydrogen-bond acceptors (Lipinski definition) is 2. The molecule has 0 amide bonds. The van der Waals surface area contributed by atoms with Crippen molar-refractivity contribution in [3.8, 4) is 0 Å². The molecule has 2 heteroatoms. The Kier molecular flexibility index (Phi) is 5.50. The molecular formula is C16H32N2. The largest absolute Gasteiger partial charge is 0.314 e. The minimum atomic E-state index is 0.665. The third kappa shape index (κ3) is 3.96. The fourth-order valence-corrected chi connectivity index (χ4v) is 3.80. The van der Waals surface area contributed by atoms with Gasteiger partial charge in [-0.3, -0.25) is 0 Å². The Balaban J connectivity index is 1.73. The first-order valence-corrected chi connectivity index (χ1v) is 8.16. The Morgan fingerprint density at radius 1 is 1.11 bits per heavy atom. The molecule has 1 heterocycles. The van der Waals surface area contributed by atoms with E-state index in [-0.39, 0.29) is 0 Å². The molecule has 18 heavy (non-hydrogen) atoms. The van der Waals surface area contributed by atoms with Crippen molar-refractivity contribution >= 4 is 0 Å². The zero-order valence-corrected chi connectivity index (χ0v) is 12.5. The minimum absolute atomic E-state index is 0.665. The minimum Gasteiger partial charge on any atom is -0.314 e. The summed E-state index contributed by atoms with van der Waals surface area (Å²) in [6.45, 7) is 8.47. The second kappa shape index (κ2) is 6.91. The fourth-order valence-electron chi connectivity index (χ4n) is 3.80. The molecule has 1 aliphatic carbocycles. The normalized spacial score (nSPS) is 39.5. The van der Waals surface area contributed by atoms with Crippen LogP contribution in [-0.4, -0.2) is 24.7 Å². The molecule has 5 unspecified atom stereocenters. The summed E-state index contributed by atoms with van der Waals surface area (Å²) in [6, 6.07) is 2.18. The van der Waals surface area contributed by atoms with Gasteiger partial charge in [0.15, 0.2) is 0 Å². The lowest BCUT2D eigenvalue weighted by Gasteiger charge is -2.37. The Hall–Kier alpha value is -0.0800. The molecule has 0 bridgehead atoms. The van der Waals surface area contributed by atoms with Crippen LogP contribution in [0.4, 0.5) is 0 Å². The monoisotopic (exact) mass is 252 g/mol. The molecule has 1 saturated heterocycles. The van der Waals surface area contributed by atoms with Crippen molar-refractivity contribution < 1.29 is 0 Å². The Labute approximate surface area is 113 Å². The van der Waals surface area contributed by atoms with Gasteiger partial charge >= 0.3 is 0 Å². The number of hydrogen-bond donors (Lipinski definition) is 2. The number of rotatable bonds is 4. The Bertz CT molecular complexity index is 235. The van der Waals surface area contributed by atoms with Crippen LogP contribution >= 0.6 is 0 Å². The molecule has 2 N–H and O–H groups in total.